The van der Waals surface area contributed by atoms with Crippen molar-refractivity contribution in [3.05, 3.63) is 47.3 Å². The summed E-state index contributed by atoms with van der Waals surface area (Å²) in [6.07, 6.45) is 1.26. The molecule has 0 saturated carbocycles. The lowest BCUT2D eigenvalue weighted by Crippen LogP contribution is -2.51. The van der Waals surface area contributed by atoms with Crippen LogP contribution in [0.1, 0.15) is 76.4 Å². The molecule has 4 rings (SSSR count). The van der Waals surface area contributed by atoms with Crippen LogP contribution in [-0.2, 0) is 14.3 Å². The predicted octanol–water partition coefficient (Wildman–Crippen LogP) is 2.42. The maximum atomic E-state index is 13.9. The summed E-state index contributed by atoms with van der Waals surface area (Å²) in [6.45, 7) is 14.3. The van der Waals surface area contributed by atoms with Gasteiger partial charge in [0.05, 0.1) is 29.5 Å². The number of nitrogens with one attached hydrogen (secondary N) is 1. The Morgan fingerprint density at radius 1 is 1.13 bits per heavy atom. The zero-order valence-corrected chi connectivity index (χ0v) is 27.1. The summed E-state index contributed by atoms with van der Waals surface area (Å²) in [6, 6.07) is 7.31. The highest BCUT2D eigenvalue weighted by atomic mass is 16.6. The topological polar surface area (TPSA) is 157 Å². The number of aliphatic hydroxyl groups is 1. The third-order valence-electron chi connectivity index (χ3n) is 8.18. The van der Waals surface area contributed by atoms with Gasteiger partial charge in [0.1, 0.15) is 17.7 Å². The molecule has 244 valence electrons. The summed E-state index contributed by atoms with van der Waals surface area (Å²) < 4.78 is 7.04. The van der Waals surface area contributed by atoms with E-state index in [1.54, 1.807) is 30.2 Å². The molecular weight excluding hydrogens is 576 g/mol. The van der Waals surface area contributed by atoms with Crippen LogP contribution < -0.4 is 5.32 Å². The van der Waals surface area contributed by atoms with Crippen LogP contribution in [0, 0.1) is 24.2 Å². The van der Waals surface area contributed by atoms with E-state index in [1.807, 2.05) is 46.8 Å². The van der Waals surface area contributed by atoms with E-state index in [-0.39, 0.29) is 36.8 Å². The highest BCUT2D eigenvalue weighted by Crippen LogP contribution is 2.28. The van der Waals surface area contributed by atoms with E-state index < -0.39 is 29.8 Å². The van der Waals surface area contributed by atoms with Crippen LogP contribution in [0.25, 0.3) is 0 Å². The summed E-state index contributed by atoms with van der Waals surface area (Å²) >= 11 is 0. The zero-order chi connectivity index (χ0) is 32.9. The molecule has 45 heavy (non-hydrogen) atoms. The van der Waals surface area contributed by atoms with Gasteiger partial charge in [-0.05, 0) is 57.7 Å². The van der Waals surface area contributed by atoms with Crippen LogP contribution in [0.3, 0.4) is 0 Å². The van der Waals surface area contributed by atoms with Crippen molar-refractivity contribution in [2.45, 2.75) is 84.2 Å². The Morgan fingerprint density at radius 3 is 2.36 bits per heavy atom. The third-order valence-corrected chi connectivity index (χ3v) is 8.18. The molecule has 2 saturated heterocycles. The van der Waals surface area contributed by atoms with Crippen molar-refractivity contribution in [2.24, 2.45) is 5.92 Å². The number of piperazine rings is 1. The molecule has 0 bridgehead atoms. The van der Waals surface area contributed by atoms with Crippen LogP contribution in [-0.4, -0.2) is 110 Å². The van der Waals surface area contributed by atoms with Gasteiger partial charge in [0.25, 0.3) is 0 Å². The number of rotatable bonds is 9. The molecule has 0 spiro atoms. The van der Waals surface area contributed by atoms with Crippen molar-refractivity contribution in [2.75, 3.05) is 39.3 Å². The number of aliphatic hydroxyl groups excluding tert-OH is 1. The smallest absolute Gasteiger partial charge is 0.410 e. The standard InChI is InChI=1S/C32H46N8O5/c1-21(2)28(40-19-22(3)35-36-40)30(43)39-20-25(41)17-27(39)29(42)34-26(24-9-7-23(18-33)8-10-24)11-12-37-13-15-38(16-14-37)31(44)45-32(4,5)6/h7-10,19,21,25-28,41H,11-17,20H2,1-6H3,(H,34,42)/t25-,26+,27+,28+/m1/s1. The highest BCUT2D eigenvalue weighted by molar-refractivity contribution is 5.90. The minimum absolute atomic E-state index is 0.0529. The van der Waals surface area contributed by atoms with E-state index in [2.05, 4.69) is 26.6 Å². The Kier molecular flexibility index (Phi) is 10.8. The molecule has 13 heteroatoms. The molecule has 1 aromatic carbocycles. The second-order valence-electron chi connectivity index (χ2n) is 13.3. The second-order valence-corrected chi connectivity index (χ2v) is 13.3. The molecule has 2 aliphatic rings. The number of nitriles is 1. The van der Waals surface area contributed by atoms with E-state index in [1.165, 1.54) is 9.58 Å². The number of hydrogen-bond donors (Lipinski definition) is 2. The number of likely N-dealkylation sites (tertiary alicyclic amines) is 1. The monoisotopic (exact) mass is 622 g/mol. The molecule has 2 N–H and O–H groups in total. The van der Waals surface area contributed by atoms with Crippen molar-refractivity contribution < 1.29 is 24.2 Å². The average molecular weight is 623 g/mol. The number of carbonyl (C=O) groups is 3. The molecule has 13 nitrogen and oxygen atoms in total. The maximum Gasteiger partial charge on any atom is 0.410 e. The fraction of sp³-hybridized carbons (Fsp3) is 0.625. The molecule has 3 amide bonds. The van der Waals surface area contributed by atoms with Crippen molar-refractivity contribution in [1.29, 1.82) is 5.26 Å². The van der Waals surface area contributed by atoms with Gasteiger partial charge in [0, 0.05) is 51.9 Å². The normalized spacial score (nSPS) is 20.5. The summed E-state index contributed by atoms with van der Waals surface area (Å²) in [5.41, 5.74) is 1.48. The molecule has 2 aromatic rings. The molecule has 2 fully saturated rings. The first-order chi connectivity index (χ1) is 21.3. The van der Waals surface area contributed by atoms with Crippen LogP contribution in [0.15, 0.2) is 30.5 Å². The third kappa shape index (κ3) is 8.79. The lowest BCUT2D eigenvalue weighted by molar-refractivity contribution is -0.142. The van der Waals surface area contributed by atoms with Crippen LogP contribution in [0.5, 0.6) is 0 Å². The molecule has 0 unspecified atom stereocenters. The Hall–Kier alpha value is -4.02. The van der Waals surface area contributed by atoms with Crippen molar-refractivity contribution in [1.82, 2.24) is 35.0 Å². The average Bonchev–Trinajstić information content (AvgIpc) is 3.59. The Labute approximate surface area is 265 Å². The first-order valence-corrected chi connectivity index (χ1v) is 15.6. The number of nitrogens with zero attached hydrogens (tertiary/aromatic N) is 7. The van der Waals surface area contributed by atoms with Crippen LogP contribution >= 0.6 is 0 Å². The molecule has 0 radical (unpaired) electrons. The highest BCUT2D eigenvalue weighted by Gasteiger charge is 2.43. The van der Waals surface area contributed by atoms with Gasteiger partial charge in [0.15, 0.2) is 0 Å². The second kappa shape index (κ2) is 14.4. The Balaban J connectivity index is 1.46. The largest absolute Gasteiger partial charge is 0.444 e. The summed E-state index contributed by atoms with van der Waals surface area (Å²) in [7, 11) is 0. The van der Waals surface area contributed by atoms with E-state index >= 15 is 0 Å². The fourth-order valence-corrected chi connectivity index (χ4v) is 5.85. The van der Waals surface area contributed by atoms with Crippen LogP contribution in [0.2, 0.25) is 0 Å². The first-order valence-electron chi connectivity index (χ1n) is 15.6. The fourth-order valence-electron chi connectivity index (χ4n) is 5.85. The number of aromatic nitrogens is 3. The molecule has 0 aliphatic carbocycles. The quantitative estimate of drug-likeness (QED) is 0.429. The van der Waals surface area contributed by atoms with Gasteiger partial charge in [-0.3, -0.25) is 14.5 Å². The minimum Gasteiger partial charge on any atom is -0.444 e. The minimum atomic E-state index is -0.850. The van der Waals surface area contributed by atoms with Crippen molar-refractivity contribution >= 4 is 17.9 Å². The summed E-state index contributed by atoms with van der Waals surface area (Å²) in [4.78, 5) is 45.6. The summed E-state index contributed by atoms with van der Waals surface area (Å²) in [5, 5.41) is 31.2. The molecule has 4 atom stereocenters. The lowest BCUT2D eigenvalue weighted by atomic mass is 10.00. The van der Waals surface area contributed by atoms with Crippen LogP contribution in [0.4, 0.5) is 4.79 Å². The van der Waals surface area contributed by atoms with Gasteiger partial charge in [0.2, 0.25) is 11.8 Å². The number of β-amino-alcohol motifs (C(OH)–C–C–N with tert-alkyl or cyclic N) is 1. The SMILES string of the molecule is Cc1cn([C@H](C(=O)N2C[C@H](O)C[C@H]2C(=O)N[C@@H](CCN2CCN(C(=O)OC(C)(C)C)CC2)c2ccc(C#N)cc2)C(C)C)nn1. The van der Waals surface area contributed by atoms with Crippen molar-refractivity contribution in [3.63, 3.8) is 0 Å². The van der Waals surface area contributed by atoms with E-state index in [4.69, 9.17) is 4.74 Å². The number of carbonyl (C=O) groups excluding carboxylic acids is 3. The van der Waals surface area contributed by atoms with Gasteiger partial charge in [-0.1, -0.05) is 31.2 Å². The molecular formula is C32H46N8O5. The van der Waals surface area contributed by atoms with Gasteiger partial charge in [-0.2, -0.15) is 5.26 Å². The predicted molar refractivity (Wildman–Crippen MR) is 166 cm³/mol. The Morgan fingerprint density at radius 2 is 1.80 bits per heavy atom. The first kappa shape index (κ1) is 33.9. The van der Waals surface area contributed by atoms with E-state index in [0.29, 0.717) is 50.4 Å². The van der Waals surface area contributed by atoms with Gasteiger partial charge < -0.3 is 25.0 Å². The van der Waals surface area contributed by atoms with Gasteiger partial charge in [-0.25, -0.2) is 9.48 Å². The zero-order valence-electron chi connectivity index (χ0n) is 27.1. The number of amides is 3. The number of aryl methyl sites for hydroxylation is 1. The number of benzene rings is 1. The van der Waals surface area contributed by atoms with E-state index in [9.17, 15) is 24.8 Å². The van der Waals surface area contributed by atoms with Gasteiger partial charge >= 0.3 is 6.09 Å². The van der Waals surface area contributed by atoms with Gasteiger partial charge in [-0.15, -0.1) is 5.10 Å². The molecule has 3 heterocycles. The molecule has 1 aromatic heterocycles. The number of ether oxygens (including phenoxy) is 1. The Bertz CT molecular complexity index is 1370. The summed E-state index contributed by atoms with van der Waals surface area (Å²) in [5.74, 6) is -0.757. The number of hydrogen-bond acceptors (Lipinski definition) is 9. The van der Waals surface area contributed by atoms with E-state index in [0.717, 1.165) is 5.56 Å². The van der Waals surface area contributed by atoms with Crippen molar-refractivity contribution in [3.8, 4) is 6.07 Å². The maximum absolute atomic E-state index is 13.9. The molecule has 2 aliphatic heterocycles. The lowest BCUT2D eigenvalue weighted by Gasteiger charge is -2.36.